The Morgan fingerprint density at radius 2 is 1.89 bits per heavy atom. The zero-order valence-electron chi connectivity index (χ0n) is 15.2. The molecule has 0 spiro atoms. The first-order valence-electron chi connectivity index (χ1n) is 8.42. The van der Waals surface area contributed by atoms with Crippen LogP contribution in [0.5, 0.6) is 5.75 Å². The Morgan fingerprint density at radius 1 is 1.18 bits per heavy atom. The van der Waals surface area contributed by atoms with Crippen molar-refractivity contribution in [2.75, 3.05) is 5.32 Å². The Labute approximate surface area is 167 Å². The number of pyridine rings is 1. The van der Waals surface area contributed by atoms with E-state index in [1.807, 2.05) is 32.1 Å². The van der Waals surface area contributed by atoms with Gasteiger partial charge in [0.25, 0.3) is 0 Å². The van der Waals surface area contributed by atoms with Crippen molar-refractivity contribution in [2.24, 2.45) is 0 Å². The van der Waals surface area contributed by atoms with E-state index in [2.05, 4.69) is 20.6 Å². The van der Waals surface area contributed by atoms with E-state index in [-0.39, 0.29) is 17.5 Å². The molecule has 0 atom stereocenters. The van der Waals surface area contributed by atoms with Gasteiger partial charge in [-0.15, -0.1) is 5.10 Å². The summed E-state index contributed by atoms with van der Waals surface area (Å²) in [5.41, 5.74) is 2.37. The lowest BCUT2D eigenvalue weighted by Crippen LogP contribution is -2.06. The second kappa shape index (κ2) is 8.38. The fourth-order valence-electron chi connectivity index (χ4n) is 2.43. The SMILES string of the molecule is CC(C)Oc1ccc(-n2cc(CNc3cc(C#N)nc(C#N)c3)nn2)cc1Cl. The van der Waals surface area contributed by atoms with Crippen LogP contribution in [0.3, 0.4) is 0 Å². The summed E-state index contributed by atoms with van der Waals surface area (Å²) in [6.45, 7) is 4.23. The molecule has 0 radical (unpaired) electrons. The average molecular weight is 394 g/mol. The minimum Gasteiger partial charge on any atom is -0.489 e. The van der Waals surface area contributed by atoms with Crippen LogP contribution >= 0.6 is 11.6 Å². The van der Waals surface area contributed by atoms with Crippen LogP contribution in [-0.4, -0.2) is 26.1 Å². The van der Waals surface area contributed by atoms with Crippen LogP contribution in [-0.2, 0) is 6.54 Å². The number of ether oxygens (including phenoxy) is 1. The summed E-state index contributed by atoms with van der Waals surface area (Å²) in [6, 6.07) is 12.4. The van der Waals surface area contributed by atoms with Crippen LogP contribution in [0, 0.1) is 22.7 Å². The van der Waals surface area contributed by atoms with Gasteiger partial charge in [0.05, 0.1) is 29.6 Å². The first kappa shape index (κ1) is 19.2. The lowest BCUT2D eigenvalue weighted by Gasteiger charge is -2.12. The van der Waals surface area contributed by atoms with E-state index >= 15 is 0 Å². The molecular formula is C19H16ClN7O. The van der Waals surface area contributed by atoms with E-state index in [9.17, 15) is 0 Å². The topological polar surface area (TPSA) is 112 Å². The molecule has 0 saturated carbocycles. The highest BCUT2D eigenvalue weighted by Crippen LogP contribution is 2.27. The van der Waals surface area contributed by atoms with Crippen molar-refractivity contribution >= 4 is 17.3 Å². The van der Waals surface area contributed by atoms with Crippen LogP contribution in [0.1, 0.15) is 30.9 Å². The van der Waals surface area contributed by atoms with E-state index in [0.717, 1.165) is 5.69 Å². The maximum atomic E-state index is 8.99. The third-order valence-corrected chi connectivity index (χ3v) is 3.91. The summed E-state index contributed by atoms with van der Waals surface area (Å²) in [7, 11) is 0. The number of benzene rings is 1. The number of nitriles is 2. The third-order valence-electron chi connectivity index (χ3n) is 3.61. The van der Waals surface area contributed by atoms with Gasteiger partial charge in [-0.1, -0.05) is 16.8 Å². The van der Waals surface area contributed by atoms with Gasteiger partial charge < -0.3 is 10.1 Å². The Balaban J connectivity index is 1.72. The molecular weight excluding hydrogens is 378 g/mol. The molecule has 9 heteroatoms. The second-order valence-electron chi connectivity index (χ2n) is 6.14. The van der Waals surface area contributed by atoms with Gasteiger partial charge in [-0.3, -0.25) is 0 Å². The van der Waals surface area contributed by atoms with Crippen LogP contribution < -0.4 is 10.1 Å². The van der Waals surface area contributed by atoms with E-state index in [0.29, 0.717) is 28.7 Å². The maximum Gasteiger partial charge on any atom is 0.144 e. The first-order chi connectivity index (χ1) is 13.5. The number of rotatable bonds is 6. The molecule has 0 aliphatic carbocycles. The van der Waals surface area contributed by atoms with Crippen molar-refractivity contribution in [1.82, 2.24) is 20.0 Å². The average Bonchev–Trinajstić information content (AvgIpc) is 3.16. The number of anilines is 1. The Hall–Kier alpha value is -3.62. The van der Waals surface area contributed by atoms with Crippen molar-refractivity contribution in [3.63, 3.8) is 0 Å². The van der Waals surface area contributed by atoms with Gasteiger partial charge >= 0.3 is 0 Å². The second-order valence-corrected chi connectivity index (χ2v) is 6.55. The number of halogens is 1. The van der Waals surface area contributed by atoms with E-state index < -0.39 is 0 Å². The molecule has 0 fully saturated rings. The van der Waals surface area contributed by atoms with Crippen molar-refractivity contribution in [3.8, 4) is 23.6 Å². The smallest absolute Gasteiger partial charge is 0.144 e. The molecule has 2 heterocycles. The fourth-order valence-corrected chi connectivity index (χ4v) is 2.65. The van der Waals surface area contributed by atoms with Crippen LogP contribution in [0.4, 0.5) is 5.69 Å². The molecule has 140 valence electrons. The summed E-state index contributed by atoms with van der Waals surface area (Å²) < 4.78 is 7.24. The molecule has 0 aliphatic heterocycles. The molecule has 1 N–H and O–H groups in total. The minimum atomic E-state index is 0.0312. The molecule has 0 aliphatic rings. The molecule has 2 aromatic heterocycles. The maximum absolute atomic E-state index is 8.99. The number of nitrogens with one attached hydrogen (secondary N) is 1. The predicted octanol–water partition coefficient (Wildman–Crippen LogP) is 3.46. The van der Waals surface area contributed by atoms with E-state index in [4.69, 9.17) is 26.9 Å². The monoisotopic (exact) mass is 393 g/mol. The zero-order valence-corrected chi connectivity index (χ0v) is 16.0. The van der Waals surface area contributed by atoms with Crippen molar-refractivity contribution < 1.29 is 4.74 Å². The summed E-state index contributed by atoms with van der Waals surface area (Å²) >= 11 is 6.27. The summed E-state index contributed by atoms with van der Waals surface area (Å²) in [4.78, 5) is 3.89. The Kier molecular flexibility index (Phi) is 5.73. The molecule has 0 unspecified atom stereocenters. The van der Waals surface area contributed by atoms with Gasteiger partial charge in [0.15, 0.2) is 0 Å². The van der Waals surface area contributed by atoms with Gasteiger partial charge in [0, 0.05) is 5.69 Å². The number of aromatic nitrogens is 4. The molecule has 8 nitrogen and oxygen atoms in total. The van der Waals surface area contributed by atoms with Crippen molar-refractivity contribution in [3.05, 3.63) is 58.6 Å². The Bertz CT molecular complexity index is 1050. The highest BCUT2D eigenvalue weighted by Gasteiger charge is 2.09. The predicted molar refractivity (Wildman–Crippen MR) is 103 cm³/mol. The van der Waals surface area contributed by atoms with E-state index in [1.54, 1.807) is 35.1 Å². The Morgan fingerprint density at radius 3 is 2.50 bits per heavy atom. The largest absolute Gasteiger partial charge is 0.489 e. The minimum absolute atomic E-state index is 0.0312. The fraction of sp³-hybridized carbons (Fsp3) is 0.211. The third kappa shape index (κ3) is 4.56. The molecule has 0 saturated heterocycles. The lowest BCUT2D eigenvalue weighted by molar-refractivity contribution is 0.242. The van der Waals surface area contributed by atoms with Crippen molar-refractivity contribution in [2.45, 2.75) is 26.5 Å². The summed E-state index contributed by atoms with van der Waals surface area (Å²) in [5, 5.41) is 29.8. The normalized spacial score (nSPS) is 10.4. The summed E-state index contributed by atoms with van der Waals surface area (Å²) in [6.07, 6.45) is 1.79. The number of hydrogen-bond acceptors (Lipinski definition) is 7. The highest BCUT2D eigenvalue weighted by atomic mass is 35.5. The first-order valence-corrected chi connectivity index (χ1v) is 8.80. The zero-order chi connectivity index (χ0) is 20.1. The molecule has 3 aromatic rings. The van der Waals surface area contributed by atoms with Crippen LogP contribution in [0.25, 0.3) is 5.69 Å². The van der Waals surface area contributed by atoms with Crippen LogP contribution in [0.15, 0.2) is 36.5 Å². The van der Waals surface area contributed by atoms with Gasteiger partial charge in [-0.25, -0.2) is 9.67 Å². The van der Waals surface area contributed by atoms with Gasteiger partial charge in [0.2, 0.25) is 0 Å². The number of hydrogen-bond donors (Lipinski definition) is 1. The summed E-state index contributed by atoms with van der Waals surface area (Å²) in [5.74, 6) is 0.613. The van der Waals surface area contributed by atoms with Gasteiger partial charge in [0.1, 0.15) is 35.0 Å². The molecule has 0 amide bonds. The van der Waals surface area contributed by atoms with Gasteiger partial charge in [-0.05, 0) is 44.2 Å². The highest BCUT2D eigenvalue weighted by molar-refractivity contribution is 6.32. The van der Waals surface area contributed by atoms with E-state index in [1.165, 1.54) is 0 Å². The quantitative estimate of drug-likeness (QED) is 0.682. The molecule has 1 aromatic carbocycles. The standard InChI is InChI=1S/C19H16ClN7O/c1-12(2)28-19-4-3-17(7-18(19)20)27-11-16(25-26-27)10-23-13-5-14(8-21)24-15(6-13)9-22/h3-7,11-12H,10H2,1-2H3,(H,23,24). The molecule has 3 rings (SSSR count). The van der Waals surface area contributed by atoms with Crippen LogP contribution in [0.2, 0.25) is 5.02 Å². The molecule has 28 heavy (non-hydrogen) atoms. The van der Waals surface area contributed by atoms with Gasteiger partial charge in [-0.2, -0.15) is 10.5 Å². The van der Waals surface area contributed by atoms with Crippen molar-refractivity contribution in [1.29, 1.82) is 10.5 Å². The lowest BCUT2D eigenvalue weighted by atomic mass is 10.2. The number of nitrogens with zero attached hydrogens (tertiary/aromatic N) is 6. The molecule has 0 bridgehead atoms.